The molecule has 1 N–H and O–H groups in total. The van der Waals surface area contributed by atoms with E-state index in [1.54, 1.807) is 12.1 Å². The van der Waals surface area contributed by atoms with Crippen molar-refractivity contribution in [3.8, 4) is 0 Å². The average molecular weight is 379 g/mol. The van der Waals surface area contributed by atoms with Crippen molar-refractivity contribution < 1.29 is 9.59 Å². The van der Waals surface area contributed by atoms with Gasteiger partial charge in [-0.2, -0.15) is 0 Å². The van der Waals surface area contributed by atoms with E-state index in [0.717, 1.165) is 25.8 Å². The Morgan fingerprint density at radius 3 is 2.43 bits per heavy atom. The molecule has 1 saturated heterocycles. The second-order valence-electron chi connectivity index (χ2n) is 7.45. The van der Waals surface area contributed by atoms with E-state index >= 15 is 0 Å². The molecule has 1 heterocycles. The largest absolute Gasteiger partial charge is 0.352 e. The third kappa shape index (κ3) is 5.00. The molecule has 0 aliphatic carbocycles. The molecule has 1 fully saturated rings. The summed E-state index contributed by atoms with van der Waals surface area (Å²) in [5, 5.41) is 2.91. The van der Waals surface area contributed by atoms with Crippen molar-refractivity contribution >= 4 is 11.8 Å². The van der Waals surface area contributed by atoms with Crippen molar-refractivity contribution in [2.75, 3.05) is 13.1 Å². The van der Waals surface area contributed by atoms with Gasteiger partial charge in [0.2, 0.25) is 5.91 Å². The van der Waals surface area contributed by atoms with Gasteiger partial charge in [-0.1, -0.05) is 55.5 Å². The van der Waals surface area contributed by atoms with Gasteiger partial charge in [-0.3, -0.25) is 9.59 Å². The minimum atomic E-state index is -0.0813. The van der Waals surface area contributed by atoms with Crippen molar-refractivity contribution in [2.24, 2.45) is 0 Å². The van der Waals surface area contributed by atoms with Crippen molar-refractivity contribution in [1.29, 1.82) is 0 Å². The van der Waals surface area contributed by atoms with Gasteiger partial charge < -0.3 is 10.2 Å². The first kappa shape index (κ1) is 20.1. The van der Waals surface area contributed by atoms with Crippen LogP contribution in [-0.2, 0) is 4.79 Å². The monoisotopic (exact) mass is 378 g/mol. The van der Waals surface area contributed by atoms with E-state index in [9.17, 15) is 9.59 Å². The molecule has 2 amide bonds. The Balaban J connectivity index is 1.50. The van der Waals surface area contributed by atoms with Crippen molar-refractivity contribution in [3.05, 3.63) is 71.8 Å². The topological polar surface area (TPSA) is 49.4 Å². The van der Waals surface area contributed by atoms with Gasteiger partial charge in [0, 0.05) is 37.0 Å². The summed E-state index contributed by atoms with van der Waals surface area (Å²) in [4.78, 5) is 27.0. The van der Waals surface area contributed by atoms with Crippen LogP contribution < -0.4 is 5.32 Å². The second-order valence-corrected chi connectivity index (χ2v) is 7.45. The highest BCUT2D eigenvalue weighted by Crippen LogP contribution is 2.33. The Morgan fingerprint density at radius 1 is 1.07 bits per heavy atom. The Morgan fingerprint density at radius 2 is 1.75 bits per heavy atom. The maximum absolute atomic E-state index is 12.8. The summed E-state index contributed by atoms with van der Waals surface area (Å²) in [6.07, 6.45) is 4.33. The third-order valence-electron chi connectivity index (χ3n) is 5.64. The molecule has 148 valence electrons. The van der Waals surface area contributed by atoms with Crippen LogP contribution in [0, 0.1) is 0 Å². The smallest absolute Gasteiger partial charge is 0.251 e. The number of amides is 2. The first-order valence-electron chi connectivity index (χ1n) is 10.4. The molecule has 3 rings (SSSR count). The zero-order valence-corrected chi connectivity index (χ0v) is 16.6. The lowest BCUT2D eigenvalue weighted by molar-refractivity contribution is -0.132. The molecule has 0 spiro atoms. The van der Waals surface area contributed by atoms with Crippen LogP contribution in [0.25, 0.3) is 0 Å². The maximum Gasteiger partial charge on any atom is 0.251 e. The van der Waals surface area contributed by atoms with Gasteiger partial charge in [-0.25, -0.2) is 0 Å². The zero-order chi connectivity index (χ0) is 19.8. The molecule has 0 radical (unpaired) electrons. The minimum Gasteiger partial charge on any atom is -0.352 e. The maximum atomic E-state index is 12.8. The highest BCUT2D eigenvalue weighted by molar-refractivity contribution is 5.94. The number of likely N-dealkylation sites (tertiary alicyclic amines) is 1. The van der Waals surface area contributed by atoms with E-state index in [1.807, 2.05) is 24.3 Å². The Hall–Kier alpha value is -2.62. The SMILES string of the molecule is CC[C@@H](c1ccccc1)[C@@H]1CCCN1C(=O)CCCNC(=O)c1ccccc1. The fraction of sp³-hybridized carbons (Fsp3) is 0.417. The molecular weight excluding hydrogens is 348 g/mol. The molecule has 0 aromatic heterocycles. The molecule has 28 heavy (non-hydrogen) atoms. The zero-order valence-electron chi connectivity index (χ0n) is 16.6. The van der Waals surface area contributed by atoms with Crippen molar-refractivity contribution in [3.63, 3.8) is 0 Å². The standard InChI is InChI=1S/C24H30N2O2/c1-2-21(19-11-5-3-6-12-19)22-15-10-18-26(22)23(27)16-9-17-25-24(28)20-13-7-4-8-14-20/h3-8,11-14,21-22H,2,9-10,15-18H2,1H3,(H,25,28)/t21-,22-/m0/s1. The minimum absolute atomic E-state index is 0.0813. The predicted molar refractivity (Wildman–Crippen MR) is 112 cm³/mol. The molecular formula is C24H30N2O2. The summed E-state index contributed by atoms with van der Waals surface area (Å²) < 4.78 is 0. The molecule has 0 unspecified atom stereocenters. The first-order chi connectivity index (χ1) is 13.7. The van der Waals surface area contributed by atoms with Gasteiger partial charge in [0.1, 0.15) is 0 Å². The van der Waals surface area contributed by atoms with Crippen LogP contribution >= 0.6 is 0 Å². The van der Waals surface area contributed by atoms with Crippen LogP contribution in [-0.4, -0.2) is 35.8 Å². The summed E-state index contributed by atoms with van der Waals surface area (Å²) in [5.41, 5.74) is 1.98. The highest BCUT2D eigenvalue weighted by atomic mass is 16.2. The van der Waals surface area contributed by atoms with Gasteiger partial charge in [0.05, 0.1) is 0 Å². The van der Waals surface area contributed by atoms with Crippen LogP contribution in [0.5, 0.6) is 0 Å². The lowest BCUT2D eigenvalue weighted by Gasteiger charge is -2.32. The van der Waals surface area contributed by atoms with Gasteiger partial charge in [0.25, 0.3) is 5.91 Å². The molecule has 4 heteroatoms. The Labute approximate surface area is 167 Å². The fourth-order valence-electron chi connectivity index (χ4n) is 4.23. The van der Waals surface area contributed by atoms with Crippen molar-refractivity contribution in [1.82, 2.24) is 10.2 Å². The number of carbonyl (C=O) groups excluding carboxylic acids is 2. The number of rotatable bonds is 8. The molecule has 1 aliphatic rings. The summed E-state index contributed by atoms with van der Waals surface area (Å²) >= 11 is 0. The van der Waals surface area contributed by atoms with Gasteiger partial charge in [-0.15, -0.1) is 0 Å². The number of benzene rings is 2. The molecule has 1 aliphatic heterocycles. The second kappa shape index (κ2) is 10.1. The molecule has 2 atom stereocenters. The van der Waals surface area contributed by atoms with E-state index in [1.165, 1.54) is 5.56 Å². The molecule has 0 saturated carbocycles. The predicted octanol–water partition coefficient (Wildman–Crippen LogP) is 4.38. The van der Waals surface area contributed by atoms with Gasteiger partial charge >= 0.3 is 0 Å². The molecule has 2 aromatic carbocycles. The number of hydrogen-bond donors (Lipinski definition) is 1. The van der Waals surface area contributed by atoms with E-state index in [4.69, 9.17) is 0 Å². The summed E-state index contributed by atoms with van der Waals surface area (Å²) in [6.45, 7) is 3.58. The Kier molecular flexibility index (Phi) is 7.24. The molecule has 4 nitrogen and oxygen atoms in total. The normalized spacial score (nSPS) is 17.3. The lowest BCUT2D eigenvalue weighted by Crippen LogP contribution is -2.39. The first-order valence-corrected chi connectivity index (χ1v) is 10.4. The van der Waals surface area contributed by atoms with Crippen LogP contribution in [0.2, 0.25) is 0 Å². The van der Waals surface area contributed by atoms with Gasteiger partial charge in [0.15, 0.2) is 0 Å². The number of nitrogens with one attached hydrogen (secondary N) is 1. The molecule has 2 aromatic rings. The van der Waals surface area contributed by atoms with Crippen molar-refractivity contribution in [2.45, 2.75) is 51.0 Å². The van der Waals surface area contributed by atoms with E-state index in [0.29, 0.717) is 36.9 Å². The lowest BCUT2D eigenvalue weighted by atomic mass is 9.87. The van der Waals surface area contributed by atoms with E-state index < -0.39 is 0 Å². The number of nitrogens with zero attached hydrogens (tertiary/aromatic N) is 1. The Bertz CT molecular complexity index is 761. The van der Waals surface area contributed by atoms with E-state index in [2.05, 4.69) is 41.4 Å². The average Bonchev–Trinajstić information content (AvgIpc) is 3.22. The van der Waals surface area contributed by atoms with Crippen LogP contribution in [0.3, 0.4) is 0 Å². The fourth-order valence-corrected chi connectivity index (χ4v) is 4.23. The van der Waals surface area contributed by atoms with Crippen LogP contribution in [0.4, 0.5) is 0 Å². The number of hydrogen-bond acceptors (Lipinski definition) is 2. The highest BCUT2D eigenvalue weighted by Gasteiger charge is 2.34. The van der Waals surface area contributed by atoms with Crippen LogP contribution in [0.1, 0.15) is 60.9 Å². The third-order valence-corrected chi connectivity index (χ3v) is 5.64. The van der Waals surface area contributed by atoms with E-state index in [-0.39, 0.29) is 11.8 Å². The summed E-state index contributed by atoms with van der Waals surface area (Å²) in [5.74, 6) is 0.526. The number of carbonyl (C=O) groups is 2. The van der Waals surface area contributed by atoms with Crippen LogP contribution in [0.15, 0.2) is 60.7 Å². The van der Waals surface area contributed by atoms with Gasteiger partial charge in [-0.05, 0) is 43.4 Å². The quantitative estimate of drug-likeness (QED) is 0.693. The summed E-state index contributed by atoms with van der Waals surface area (Å²) in [6, 6.07) is 20.0. The summed E-state index contributed by atoms with van der Waals surface area (Å²) in [7, 11) is 0. The molecule has 0 bridgehead atoms.